The summed E-state index contributed by atoms with van der Waals surface area (Å²) in [6.07, 6.45) is 3.44. The molecule has 0 aliphatic rings. The summed E-state index contributed by atoms with van der Waals surface area (Å²) in [5.41, 5.74) is 3.32. The van der Waals surface area contributed by atoms with E-state index >= 15 is 0 Å². The Balaban J connectivity index is 1.55. The van der Waals surface area contributed by atoms with Crippen molar-refractivity contribution < 1.29 is 9.21 Å². The van der Waals surface area contributed by atoms with Crippen molar-refractivity contribution in [2.45, 2.75) is 26.8 Å². The quantitative estimate of drug-likeness (QED) is 0.581. The van der Waals surface area contributed by atoms with E-state index in [2.05, 4.69) is 38.9 Å². The minimum Gasteiger partial charge on any atom is -0.461 e. The molecule has 7 nitrogen and oxygen atoms in total. The molecule has 0 aliphatic carbocycles. The second kappa shape index (κ2) is 6.38. The molecule has 0 aliphatic heterocycles. The monoisotopic (exact) mass is 367 g/mol. The van der Waals surface area contributed by atoms with Crippen LogP contribution in [-0.4, -0.2) is 25.7 Å². The van der Waals surface area contributed by atoms with Crippen molar-refractivity contribution in [1.82, 2.24) is 19.7 Å². The zero-order chi connectivity index (χ0) is 18.3. The third-order valence-corrected chi connectivity index (χ3v) is 4.83. The highest BCUT2D eigenvalue weighted by atomic mass is 32.1. The minimum atomic E-state index is -0.246. The van der Waals surface area contributed by atoms with Crippen molar-refractivity contribution in [3.63, 3.8) is 0 Å². The van der Waals surface area contributed by atoms with Gasteiger partial charge in [-0.25, -0.2) is 4.98 Å². The van der Waals surface area contributed by atoms with Crippen molar-refractivity contribution in [3.05, 3.63) is 48.0 Å². The number of carbonyl (C=O) groups is 1. The molecule has 0 atom stereocenters. The molecule has 8 heteroatoms. The lowest BCUT2D eigenvalue weighted by atomic mass is 10.2. The van der Waals surface area contributed by atoms with E-state index in [1.807, 2.05) is 19.1 Å². The zero-order valence-electron chi connectivity index (χ0n) is 14.6. The van der Waals surface area contributed by atoms with Crippen LogP contribution in [0.3, 0.4) is 0 Å². The molecule has 0 fully saturated rings. The van der Waals surface area contributed by atoms with Crippen LogP contribution in [0.1, 0.15) is 35.8 Å². The second-order valence-corrected chi connectivity index (χ2v) is 7.28. The Morgan fingerprint density at radius 1 is 1.27 bits per heavy atom. The average Bonchev–Trinajstić information content (AvgIpc) is 3.32. The molecule has 4 rings (SSSR count). The van der Waals surface area contributed by atoms with Crippen LogP contribution in [0, 0.1) is 6.92 Å². The molecule has 3 heterocycles. The third kappa shape index (κ3) is 2.99. The lowest BCUT2D eigenvalue weighted by molar-refractivity contribution is 0.102. The molecule has 4 aromatic rings. The van der Waals surface area contributed by atoms with Crippen LogP contribution in [0.5, 0.6) is 0 Å². The van der Waals surface area contributed by atoms with Crippen LogP contribution >= 0.6 is 11.3 Å². The maximum Gasteiger partial charge on any atom is 0.257 e. The van der Waals surface area contributed by atoms with Gasteiger partial charge in [-0.15, -0.1) is 10.2 Å². The molecule has 1 N–H and O–H groups in total. The summed E-state index contributed by atoms with van der Waals surface area (Å²) >= 11 is 1.27. The van der Waals surface area contributed by atoms with E-state index in [-0.39, 0.29) is 5.91 Å². The first-order valence-electron chi connectivity index (χ1n) is 8.18. The highest BCUT2D eigenvalue weighted by molar-refractivity contribution is 7.18. The molecule has 1 aromatic carbocycles. The first kappa shape index (κ1) is 16.5. The van der Waals surface area contributed by atoms with Gasteiger partial charge in [0.1, 0.15) is 0 Å². The molecule has 0 spiro atoms. The molecule has 0 saturated carbocycles. The average molecular weight is 367 g/mol. The first-order chi connectivity index (χ1) is 12.5. The molecule has 26 heavy (non-hydrogen) atoms. The Kier molecular flexibility index (Phi) is 4.04. The number of imidazole rings is 1. The van der Waals surface area contributed by atoms with Crippen molar-refractivity contribution in [2.75, 3.05) is 5.32 Å². The van der Waals surface area contributed by atoms with Crippen LogP contribution < -0.4 is 5.32 Å². The number of nitrogens with zero attached hydrogens (tertiary/aromatic N) is 4. The predicted molar refractivity (Wildman–Crippen MR) is 100 cm³/mol. The molecular weight excluding hydrogens is 350 g/mol. The molecule has 0 radical (unpaired) electrons. The molecule has 0 bridgehead atoms. The fourth-order valence-electron chi connectivity index (χ4n) is 2.67. The summed E-state index contributed by atoms with van der Waals surface area (Å²) in [4.78, 5) is 16.9. The van der Waals surface area contributed by atoms with Gasteiger partial charge in [-0.05, 0) is 50.6 Å². The normalized spacial score (nSPS) is 11.4. The number of aromatic nitrogens is 4. The van der Waals surface area contributed by atoms with Gasteiger partial charge in [0.05, 0.1) is 23.6 Å². The third-order valence-electron chi connectivity index (χ3n) is 3.98. The van der Waals surface area contributed by atoms with E-state index < -0.39 is 0 Å². The lowest BCUT2D eigenvalue weighted by Crippen LogP contribution is -2.11. The number of aryl methyl sites for hydroxylation is 1. The Labute approximate surface area is 153 Å². The first-order valence-corrected chi connectivity index (χ1v) is 9.00. The van der Waals surface area contributed by atoms with Crippen LogP contribution in [-0.2, 0) is 0 Å². The van der Waals surface area contributed by atoms with E-state index in [4.69, 9.17) is 4.42 Å². The van der Waals surface area contributed by atoms with Crippen LogP contribution in [0.2, 0.25) is 0 Å². The van der Waals surface area contributed by atoms with E-state index in [0.29, 0.717) is 27.5 Å². The van der Waals surface area contributed by atoms with Gasteiger partial charge >= 0.3 is 0 Å². The van der Waals surface area contributed by atoms with Gasteiger partial charge in [-0.2, -0.15) is 0 Å². The fourth-order valence-corrected chi connectivity index (χ4v) is 3.37. The highest BCUT2D eigenvalue weighted by Crippen LogP contribution is 2.28. The highest BCUT2D eigenvalue weighted by Gasteiger charge is 2.15. The van der Waals surface area contributed by atoms with Crippen LogP contribution in [0.4, 0.5) is 5.13 Å². The number of fused-ring (bicyclic) bond motifs is 1. The van der Waals surface area contributed by atoms with Crippen molar-refractivity contribution in [1.29, 1.82) is 0 Å². The van der Waals surface area contributed by atoms with Gasteiger partial charge in [0.25, 0.3) is 5.91 Å². The van der Waals surface area contributed by atoms with Gasteiger partial charge in [-0.3, -0.25) is 10.1 Å². The number of rotatable bonds is 4. The van der Waals surface area contributed by atoms with Crippen molar-refractivity contribution >= 4 is 33.4 Å². The van der Waals surface area contributed by atoms with Gasteiger partial charge in [0.2, 0.25) is 5.13 Å². The Morgan fingerprint density at radius 2 is 2.12 bits per heavy atom. The summed E-state index contributed by atoms with van der Waals surface area (Å²) in [6, 6.07) is 7.67. The van der Waals surface area contributed by atoms with Gasteiger partial charge in [0, 0.05) is 11.6 Å². The zero-order valence-corrected chi connectivity index (χ0v) is 15.4. The molecule has 0 saturated heterocycles. The standard InChI is InChI=1S/C18H17N5O2S/c1-10(2)23-9-19-13-7-12(4-5-14(13)23)16(24)20-18-22-21-17(26-18)15-6-11(3)8-25-15/h4-10H,1-3H3,(H,20,22,24). The van der Waals surface area contributed by atoms with E-state index in [0.717, 1.165) is 16.6 Å². The lowest BCUT2D eigenvalue weighted by Gasteiger charge is -2.08. The van der Waals surface area contributed by atoms with Gasteiger partial charge in [0.15, 0.2) is 10.8 Å². The van der Waals surface area contributed by atoms with E-state index in [9.17, 15) is 4.79 Å². The van der Waals surface area contributed by atoms with Gasteiger partial charge < -0.3 is 8.98 Å². The summed E-state index contributed by atoms with van der Waals surface area (Å²) < 4.78 is 7.48. The molecule has 1 amide bonds. The van der Waals surface area contributed by atoms with Gasteiger partial charge in [-0.1, -0.05) is 11.3 Å². The van der Waals surface area contributed by atoms with Crippen molar-refractivity contribution in [2.24, 2.45) is 0 Å². The SMILES string of the molecule is Cc1coc(-c2nnc(NC(=O)c3ccc4c(c3)ncn4C(C)C)s2)c1. The molecule has 132 valence electrons. The summed E-state index contributed by atoms with van der Waals surface area (Å²) in [6.45, 7) is 6.12. The number of furan rings is 1. The second-order valence-electron chi connectivity index (χ2n) is 6.30. The van der Waals surface area contributed by atoms with E-state index in [1.165, 1.54) is 11.3 Å². The largest absolute Gasteiger partial charge is 0.461 e. The Hall–Kier alpha value is -3.00. The smallest absolute Gasteiger partial charge is 0.257 e. The minimum absolute atomic E-state index is 0.246. The van der Waals surface area contributed by atoms with E-state index in [1.54, 1.807) is 24.7 Å². The predicted octanol–water partition coefficient (Wildman–Crippen LogP) is 4.29. The number of anilines is 1. The molecular formula is C18H17N5O2S. The Bertz CT molecular complexity index is 1090. The fraction of sp³-hybridized carbons (Fsp3) is 0.222. The number of benzene rings is 1. The number of hydrogen-bond donors (Lipinski definition) is 1. The molecule has 3 aromatic heterocycles. The number of amides is 1. The summed E-state index contributed by atoms with van der Waals surface area (Å²) in [5, 5.41) is 11.9. The van der Waals surface area contributed by atoms with Crippen LogP contribution in [0.15, 0.2) is 41.3 Å². The Morgan fingerprint density at radius 3 is 2.85 bits per heavy atom. The van der Waals surface area contributed by atoms with Crippen LogP contribution in [0.25, 0.3) is 21.8 Å². The van der Waals surface area contributed by atoms with Crippen molar-refractivity contribution in [3.8, 4) is 10.8 Å². The molecule has 0 unspecified atom stereocenters. The maximum atomic E-state index is 12.5. The topological polar surface area (TPSA) is 85.8 Å². The maximum absolute atomic E-state index is 12.5. The number of carbonyl (C=O) groups excluding carboxylic acids is 1. The number of nitrogens with one attached hydrogen (secondary N) is 1. The summed E-state index contributed by atoms with van der Waals surface area (Å²) in [7, 11) is 0. The summed E-state index contributed by atoms with van der Waals surface area (Å²) in [5.74, 6) is 0.394. The number of hydrogen-bond acceptors (Lipinski definition) is 6.